The van der Waals surface area contributed by atoms with Crippen LogP contribution in [0, 0.1) is 0 Å². The normalized spacial score (nSPS) is 17.0. The molecule has 8 nitrogen and oxygen atoms in total. The van der Waals surface area contributed by atoms with E-state index in [1.807, 2.05) is 0 Å². The molecule has 1 amide bonds. The van der Waals surface area contributed by atoms with Gasteiger partial charge in [0.25, 0.3) is 0 Å². The molecule has 13 heteroatoms. The molecule has 2 aromatic rings. The van der Waals surface area contributed by atoms with Crippen molar-refractivity contribution >= 4 is 53.3 Å². The van der Waals surface area contributed by atoms with Crippen molar-refractivity contribution in [1.82, 2.24) is 9.88 Å². The molecule has 31 heavy (non-hydrogen) atoms. The first-order valence-corrected chi connectivity index (χ1v) is 8.67. The number of hydrogen-bond acceptors (Lipinski definition) is 7. The molecule has 0 radical (unpaired) electrons. The van der Waals surface area contributed by atoms with Crippen LogP contribution in [0.15, 0.2) is 24.4 Å². The molecule has 1 aliphatic rings. The van der Waals surface area contributed by atoms with Gasteiger partial charge in [0.2, 0.25) is 5.91 Å². The zero-order chi connectivity index (χ0) is 21.3. The van der Waals surface area contributed by atoms with Gasteiger partial charge in [0.05, 0.1) is 13.2 Å². The number of pyridine rings is 1. The highest BCUT2D eigenvalue weighted by atomic mass is 35.5. The number of benzene rings is 1. The number of carbonyl (C=O) groups is 2. The smallest absolute Gasteiger partial charge is 0.467 e. The first-order chi connectivity index (χ1) is 13.6. The maximum atomic E-state index is 13.0. The number of hydrogen-bond donors (Lipinski definition) is 2. The minimum Gasteiger partial charge on any atom is -0.467 e. The number of fused-ring (bicyclic) bond motifs is 1. The van der Waals surface area contributed by atoms with Gasteiger partial charge >= 0.3 is 12.3 Å². The molecule has 4 N–H and O–H groups in total. The lowest BCUT2D eigenvalue weighted by molar-refractivity contribution is -0.274. The Hall–Kier alpha value is -2.50. The summed E-state index contributed by atoms with van der Waals surface area (Å²) in [5, 5.41) is 0.777. The average molecular weight is 485 g/mol. The molecule has 1 unspecified atom stereocenters. The van der Waals surface area contributed by atoms with Crippen LogP contribution in [0.3, 0.4) is 0 Å². The van der Waals surface area contributed by atoms with Crippen molar-refractivity contribution in [2.45, 2.75) is 31.3 Å². The monoisotopic (exact) mass is 484 g/mol. The Balaban J connectivity index is 0.00000240. The lowest BCUT2D eigenvalue weighted by atomic mass is 10.00. The fourth-order valence-electron chi connectivity index (χ4n) is 3.35. The molecule has 1 aromatic heterocycles. The van der Waals surface area contributed by atoms with E-state index >= 15 is 0 Å². The first-order valence-electron chi connectivity index (χ1n) is 8.67. The molecule has 2 heterocycles. The number of nitrogens with two attached hydrogens (primary N) is 2. The number of carbonyl (C=O) groups excluding carboxylic acids is 2. The van der Waals surface area contributed by atoms with Crippen LogP contribution in [-0.2, 0) is 20.7 Å². The number of esters is 1. The van der Waals surface area contributed by atoms with Crippen molar-refractivity contribution in [2.75, 3.05) is 19.4 Å². The number of halogens is 5. The highest BCUT2D eigenvalue weighted by Gasteiger charge is 2.39. The molecule has 0 bridgehead atoms. The van der Waals surface area contributed by atoms with Gasteiger partial charge in [0.15, 0.2) is 0 Å². The van der Waals surface area contributed by atoms with Crippen molar-refractivity contribution in [2.24, 2.45) is 5.73 Å². The Morgan fingerprint density at radius 2 is 2.03 bits per heavy atom. The van der Waals surface area contributed by atoms with E-state index in [1.165, 1.54) is 17.2 Å². The zero-order valence-electron chi connectivity index (χ0n) is 16.2. The van der Waals surface area contributed by atoms with Crippen molar-refractivity contribution in [3.05, 3.63) is 30.0 Å². The van der Waals surface area contributed by atoms with Crippen molar-refractivity contribution < 1.29 is 32.2 Å². The topological polar surface area (TPSA) is 121 Å². The van der Waals surface area contributed by atoms with Gasteiger partial charge in [-0.05, 0) is 35.6 Å². The molecular weight excluding hydrogens is 464 g/mol. The van der Waals surface area contributed by atoms with E-state index in [1.54, 1.807) is 6.07 Å². The van der Waals surface area contributed by atoms with Crippen LogP contribution < -0.4 is 16.2 Å². The fourth-order valence-corrected chi connectivity index (χ4v) is 3.35. The number of anilines is 1. The number of nitrogen functional groups attached to an aromatic ring is 1. The Kier molecular flexibility index (Phi) is 8.74. The lowest BCUT2D eigenvalue weighted by Gasteiger charge is -2.27. The number of methoxy groups -OCH3 is 1. The van der Waals surface area contributed by atoms with Crippen LogP contribution in [0.5, 0.6) is 5.75 Å². The number of amides is 1. The molecule has 1 saturated heterocycles. The van der Waals surface area contributed by atoms with Gasteiger partial charge in [-0.15, -0.1) is 38.0 Å². The quantitative estimate of drug-likeness (QED) is 0.623. The maximum absolute atomic E-state index is 13.0. The van der Waals surface area contributed by atoms with Crippen LogP contribution >= 0.6 is 24.8 Å². The van der Waals surface area contributed by atoms with Gasteiger partial charge in [-0.3, -0.25) is 4.79 Å². The number of rotatable bonds is 5. The van der Waals surface area contributed by atoms with E-state index in [9.17, 15) is 22.8 Å². The molecule has 1 aliphatic heterocycles. The van der Waals surface area contributed by atoms with Crippen LogP contribution in [0.25, 0.3) is 10.8 Å². The number of alkyl halides is 3. The third kappa shape index (κ3) is 5.81. The standard InChI is InChI=1S/C18H19F3N4O4.2ClH/c1-28-17(27)13(25-5-3-12(22)16(25)26)7-10-6-9-2-4-24-15(23)11(9)8-14(10)29-18(19,20)21;;/h2,4,6,8,12-13H,3,5,7,22H2,1H3,(H2,23,24);2*1H/t12-,13?;;/m0../s1. The van der Waals surface area contributed by atoms with Gasteiger partial charge in [0.1, 0.15) is 17.6 Å². The number of likely N-dealkylation sites (tertiary alicyclic amines) is 1. The Labute approximate surface area is 187 Å². The second-order valence-corrected chi connectivity index (χ2v) is 6.59. The zero-order valence-corrected chi connectivity index (χ0v) is 17.9. The second-order valence-electron chi connectivity index (χ2n) is 6.59. The predicted molar refractivity (Wildman–Crippen MR) is 111 cm³/mol. The highest BCUT2D eigenvalue weighted by molar-refractivity contribution is 5.93. The Bertz CT molecular complexity index is 961. The van der Waals surface area contributed by atoms with Crippen molar-refractivity contribution in [3.63, 3.8) is 0 Å². The molecule has 2 atom stereocenters. The summed E-state index contributed by atoms with van der Waals surface area (Å²) in [4.78, 5) is 29.7. The van der Waals surface area contributed by atoms with Crippen LogP contribution in [0.1, 0.15) is 12.0 Å². The number of nitrogens with zero attached hydrogens (tertiary/aromatic N) is 2. The highest BCUT2D eigenvalue weighted by Crippen LogP contribution is 2.34. The van der Waals surface area contributed by atoms with E-state index in [2.05, 4.69) is 9.72 Å². The minimum absolute atomic E-state index is 0. The Morgan fingerprint density at radius 1 is 1.35 bits per heavy atom. The van der Waals surface area contributed by atoms with Crippen LogP contribution in [0.4, 0.5) is 19.0 Å². The molecule has 1 fully saturated rings. The van der Waals surface area contributed by atoms with Crippen LogP contribution in [0.2, 0.25) is 0 Å². The third-order valence-electron chi connectivity index (χ3n) is 4.75. The van der Waals surface area contributed by atoms with E-state index in [0.717, 1.165) is 13.2 Å². The third-order valence-corrected chi connectivity index (χ3v) is 4.75. The fraction of sp³-hybridized carbons (Fsp3) is 0.389. The van der Waals surface area contributed by atoms with E-state index in [0.29, 0.717) is 11.8 Å². The summed E-state index contributed by atoms with van der Waals surface area (Å²) in [6.45, 7) is 0.194. The number of ether oxygens (including phenoxy) is 2. The van der Waals surface area contributed by atoms with E-state index in [4.69, 9.17) is 16.2 Å². The molecule has 0 spiro atoms. The summed E-state index contributed by atoms with van der Waals surface area (Å²) >= 11 is 0. The summed E-state index contributed by atoms with van der Waals surface area (Å²) in [5.74, 6) is -1.73. The second kappa shape index (κ2) is 10.2. The first kappa shape index (κ1) is 26.5. The van der Waals surface area contributed by atoms with Gasteiger partial charge in [-0.25, -0.2) is 9.78 Å². The van der Waals surface area contributed by atoms with Gasteiger partial charge in [-0.2, -0.15) is 0 Å². The predicted octanol–water partition coefficient (Wildman–Crippen LogP) is 2.20. The summed E-state index contributed by atoms with van der Waals surface area (Å²) in [6.07, 6.45) is -3.48. The van der Waals surface area contributed by atoms with Crippen LogP contribution in [-0.4, -0.2) is 53.9 Å². The molecular formula is C18H21Cl2F3N4O4. The molecule has 0 saturated carbocycles. The van der Waals surface area contributed by atoms with Crippen molar-refractivity contribution in [1.29, 1.82) is 0 Å². The summed E-state index contributed by atoms with van der Waals surface area (Å²) in [5.41, 5.74) is 11.5. The molecule has 172 valence electrons. The summed E-state index contributed by atoms with van der Waals surface area (Å²) in [7, 11) is 1.13. The molecule has 0 aliphatic carbocycles. The maximum Gasteiger partial charge on any atom is 0.573 e. The SMILES string of the molecule is COC(=O)C(Cc1cc2ccnc(N)c2cc1OC(F)(F)F)N1CC[C@H](N)C1=O.Cl.Cl. The number of aromatic nitrogens is 1. The molecule has 3 rings (SSSR count). The average Bonchev–Trinajstić information content (AvgIpc) is 2.97. The summed E-state index contributed by atoms with van der Waals surface area (Å²) < 4.78 is 47.8. The van der Waals surface area contributed by atoms with E-state index < -0.39 is 36.1 Å². The van der Waals surface area contributed by atoms with Gasteiger partial charge in [0, 0.05) is 24.5 Å². The van der Waals surface area contributed by atoms with E-state index in [-0.39, 0.29) is 54.5 Å². The van der Waals surface area contributed by atoms with Gasteiger partial charge in [-0.1, -0.05) is 0 Å². The molecule has 1 aromatic carbocycles. The van der Waals surface area contributed by atoms with Gasteiger partial charge < -0.3 is 25.8 Å². The summed E-state index contributed by atoms with van der Waals surface area (Å²) in [6, 6.07) is 2.19. The largest absolute Gasteiger partial charge is 0.573 e. The lowest BCUT2D eigenvalue weighted by Crippen LogP contribution is -2.46. The Morgan fingerprint density at radius 3 is 2.58 bits per heavy atom. The van der Waals surface area contributed by atoms with Crippen molar-refractivity contribution in [3.8, 4) is 5.75 Å². The minimum atomic E-state index is -4.97.